The first-order valence-electron chi connectivity index (χ1n) is 7.84. The second kappa shape index (κ2) is 8.84. The Morgan fingerprint density at radius 2 is 1.74 bits per heavy atom. The van der Waals surface area contributed by atoms with Gasteiger partial charge in [-0.2, -0.15) is 18.3 Å². The predicted molar refractivity (Wildman–Crippen MR) is 93.4 cm³/mol. The van der Waals surface area contributed by atoms with Gasteiger partial charge in [0.15, 0.2) is 0 Å². The van der Waals surface area contributed by atoms with E-state index >= 15 is 0 Å². The van der Waals surface area contributed by atoms with Crippen molar-refractivity contribution in [2.75, 3.05) is 11.9 Å². The lowest BCUT2D eigenvalue weighted by Crippen LogP contribution is -2.32. The van der Waals surface area contributed by atoms with Gasteiger partial charge in [-0.05, 0) is 37.3 Å². The van der Waals surface area contributed by atoms with E-state index in [1.807, 2.05) is 12.3 Å². The zero-order valence-electron chi connectivity index (χ0n) is 14.2. The Balaban J connectivity index is 1.95. The molecule has 0 aliphatic rings. The minimum Gasteiger partial charge on any atom is -0.494 e. The highest BCUT2D eigenvalue weighted by Gasteiger charge is 2.32. The molecule has 27 heavy (non-hydrogen) atoms. The van der Waals surface area contributed by atoms with Crippen LogP contribution in [-0.4, -0.2) is 24.6 Å². The van der Waals surface area contributed by atoms with E-state index in [9.17, 15) is 22.8 Å². The Kier molecular flexibility index (Phi) is 6.53. The number of anilines is 1. The number of amides is 2. The highest BCUT2D eigenvalue weighted by Crippen LogP contribution is 2.31. The highest BCUT2D eigenvalue weighted by molar-refractivity contribution is 6.39. The average Bonchev–Trinajstić information content (AvgIpc) is 2.63. The van der Waals surface area contributed by atoms with Crippen molar-refractivity contribution in [1.29, 1.82) is 0 Å². The topological polar surface area (TPSA) is 79.8 Å². The molecular weight excluding hydrogens is 363 g/mol. The van der Waals surface area contributed by atoms with Crippen LogP contribution in [-0.2, 0) is 15.8 Å². The number of hydrazone groups is 1. The fraction of sp³-hybridized carbons (Fsp3) is 0.167. The highest BCUT2D eigenvalue weighted by atomic mass is 19.4. The summed E-state index contributed by atoms with van der Waals surface area (Å²) in [4.78, 5) is 23.5. The first-order chi connectivity index (χ1) is 12.8. The van der Waals surface area contributed by atoms with Gasteiger partial charge in [-0.1, -0.05) is 18.2 Å². The van der Waals surface area contributed by atoms with Crippen molar-refractivity contribution in [1.82, 2.24) is 5.43 Å². The summed E-state index contributed by atoms with van der Waals surface area (Å²) >= 11 is 0. The van der Waals surface area contributed by atoms with Crippen LogP contribution in [0.1, 0.15) is 18.1 Å². The maximum Gasteiger partial charge on any atom is 0.417 e. The van der Waals surface area contributed by atoms with Gasteiger partial charge in [0.25, 0.3) is 0 Å². The molecule has 0 unspecified atom stereocenters. The summed E-state index contributed by atoms with van der Waals surface area (Å²) < 4.78 is 43.8. The Hall–Kier alpha value is -3.36. The van der Waals surface area contributed by atoms with E-state index in [-0.39, 0.29) is 5.56 Å². The number of carbonyl (C=O) groups is 2. The Morgan fingerprint density at radius 3 is 2.37 bits per heavy atom. The molecule has 142 valence electrons. The number of nitrogens with one attached hydrogen (secondary N) is 2. The molecule has 0 spiro atoms. The van der Waals surface area contributed by atoms with E-state index in [1.54, 1.807) is 24.3 Å². The molecule has 0 heterocycles. The fourth-order valence-electron chi connectivity index (χ4n) is 2.07. The summed E-state index contributed by atoms with van der Waals surface area (Å²) in [5.41, 5.74) is 1.10. The first kappa shape index (κ1) is 20.0. The van der Waals surface area contributed by atoms with Crippen LogP contribution in [0.4, 0.5) is 18.9 Å². The lowest BCUT2D eigenvalue weighted by molar-refractivity contribution is -0.137. The summed E-state index contributed by atoms with van der Waals surface area (Å²) in [5, 5.41) is 5.75. The molecule has 0 saturated carbocycles. The van der Waals surface area contributed by atoms with Crippen LogP contribution >= 0.6 is 0 Å². The van der Waals surface area contributed by atoms with Crippen molar-refractivity contribution in [2.45, 2.75) is 13.1 Å². The number of nitrogens with zero attached hydrogens (tertiary/aromatic N) is 1. The van der Waals surface area contributed by atoms with Crippen molar-refractivity contribution in [3.8, 4) is 5.75 Å². The van der Waals surface area contributed by atoms with Gasteiger partial charge >= 0.3 is 18.0 Å². The number of hydrogen-bond donors (Lipinski definition) is 2. The molecule has 2 aromatic carbocycles. The van der Waals surface area contributed by atoms with Crippen molar-refractivity contribution < 1.29 is 27.5 Å². The molecule has 2 aromatic rings. The second-order valence-electron chi connectivity index (χ2n) is 5.20. The fourth-order valence-corrected chi connectivity index (χ4v) is 2.07. The summed E-state index contributed by atoms with van der Waals surface area (Å²) in [5.74, 6) is -1.53. The van der Waals surface area contributed by atoms with Crippen LogP contribution in [0, 0.1) is 0 Å². The van der Waals surface area contributed by atoms with Crippen molar-refractivity contribution in [3.05, 3.63) is 59.7 Å². The molecule has 0 radical (unpaired) electrons. The van der Waals surface area contributed by atoms with Crippen molar-refractivity contribution >= 4 is 23.7 Å². The van der Waals surface area contributed by atoms with Crippen LogP contribution in [0.25, 0.3) is 0 Å². The number of rotatable bonds is 5. The lowest BCUT2D eigenvalue weighted by Gasteiger charge is -2.09. The van der Waals surface area contributed by atoms with Crippen LogP contribution in [0.2, 0.25) is 0 Å². The molecule has 0 aromatic heterocycles. The van der Waals surface area contributed by atoms with Gasteiger partial charge in [0.2, 0.25) is 0 Å². The molecule has 0 aliphatic carbocycles. The largest absolute Gasteiger partial charge is 0.494 e. The number of carbonyl (C=O) groups excluding carboxylic acids is 2. The molecule has 6 nitrogen and oxygen atoms in total. The minimum absolute atomic E-state index is 0.239. The molecule has 0 bridgehead atoms. The average molecular weight is 379 g/mol. The van der Waals surface area contributed by atoms with E-state index in [0.29, 0.717) is 18.0 Å². The van der Waals surface area contributed by atoms with Crippen LogP contribution in [0.5, 0.6) is 5.75 Å². The molecule has 2 N–H and O–H groups in total. The van der Waals surface area contributed by atoms with Gasteiger partial charge in [0, 0.05) is 11.3 Å². The standard InChI is InChI=1S/C18H16F3N3O3/c1-2-27-14-9-7-13(8-10-14)23-16(25)17(26)24-22-11-12-5-3-4-6-15(12)18(19,20)21/h3-11H,2H2,1H3,(H,23,25)(H,24,26)/b22-11+. The number of ether oxygens (including phenoxy) is 1. The number of benzene rings is 2. The van der Waals surface area contributed by atoms with Crippen LogP contribution in [0.3, 0.4) is 0 Å². The monoisotopic (exact) mass is 379 g/mol. The second-order valence-corrected chi connectivity index (χ2v) is 5.20. The molecule has 0 saturated heterocycles. The smallest absolute Gasteiger partial charge is 0.417 e. The molecule has 9 heteroatoms. The molecule has 2 rings (SSSR count). The molecule has 2 amide bonds. The number of halogens is 3. The van der Waals surface area contributed by atoms with E-state index in [0.717, 1.165) is 12.3 Å². The van der Waals surface area contributed by atoms with Crippen molar-refractivity contribution in [2.24, 2.45) is 5.10 Å². The predicted octanol–water partition coefficient (Wildman–Crippen LogP) is 3.19. The Labute approximate surface area is 153 Å². The lowest BCUT2D eigenvalue weighted by atomic mass is 10.1. The Bertz CT molecular complexity index is 834. The third-order valence-electron chi connectivity index (χ3n) is 3.27. The molecule has 0 fully saturated rings. The van der Waals surface area contributed by atoms with Crippen molar-refractivity contribution in [3.63, 3.8) is 0 Å². The van der Waals surface area contributed by atoms with Crippen LogP contribution in [0.15, 0.2) is 53.6 Å². The third-order valence-corrected chi connectivity index (χ3v) is 3.27. The first-order valence-corrected chi connectivity index (χ1v) is 7.84. The van der Waals surface area contributed by atoms with Gasteiger partial charge in [0.1, 0.15) is 5.75 Å². The quantitative estimate of drug-likeness (QED) is 0.476. The van der Waals surface area contributed by atoms with E-state index in [4.69, 9.17) is 4.74 Å². The van der Waals surface area contributed by atoms with Gasteiger partial charge in [0.05, 0.1) is 18.4 Å². The Morgan fingerprint density at radius 1 is 1.07 bits per heavy atom. The minimum atomic E-state index is -4.56. The zero-order valence-corrected chi connectivity index (χ0v) is 14.2. The van der Waals surface area contributed by atoms with E-state index < -0.39 is 23.6 Å². The molecule has 0 atom stereocenters. The van der Waals surface area contributed by atoms with Gasteiger partial charge < -0.3 is 10.1 Å². The summed E-state index contributed by atoms with van der Waals surface area (Å²) in [6, 6.07) is 11.0. The van der Waals surface area contributed by atoms with Gasteiger partial charge in [-0.15, -0.1) is 0 Å². The molecular formula is C18H16F3N3O3. The normalized spacial score (nSPS) is 11.3. The zero-order chi connectivity index (χ0) is 19.9. The van der Waals surface area contributed by atoms with Gasteiger partial charge in [-0.25, -0.2) is 5.43 Å². The van der Waals surface area contributed by atoms with E-state index in [2.05, 4.69) is 10.4 Å². The van der Waals surface area contributed by atoms with Gasteiger partial charge in [-0.3, -0.25) is 9.59 Å². The number of alkyl halides is 3. The van der Waals surface area contributed by atoms with Crippen LogP contribution < -0.4 is 15.5 Å². The molecule has 0 aliphatic heterocycles. The maximum absolute atomic E-state index is 12.9. The third kappa shape index (κ3) is 5.84. The maximum atomic E-state index is 12.9. The number of hydrogen-bond acceptors (Lipinski definition) is 4. The summed E-state index contributed by atoms with van der Waals surface area (Å²) in [7, 11) is 0. The summed E-state index contributed by atoms with van der Waals surface area (Å²) in [6.07, 6.45) is -3.73. The van der Waals surface area contributed by atoms with E-state index in [1.165, 1.54) is 18.2 Å². The SMILES string of the molecule is CCOc1ccc(NC(=O)C(=O)N/N=C/c2ccccc2C(F)(F)F)cc1. The summed E-state index contributed by atoms with van der Waals surface area (Å²) in [6.45, 7) is 2.32.